The Balaban J connectivity index is 1.53. The molecule has 0 saturated carbocycles. The lowest BCUT2D eigenvalue weighted by Crippen LogP contribution is -2.53. The van der Waals surface area contributed by atoms with Crippen molar-refractivity contribution in [2.24, 2.45) is 5.92 Å². The summed E-state index contributed by atoms with van der Waals surface area (Å²) in [5.41, 5.74) is 2.84. The van der Waals surface area contributed by atoms with Gasteiger partial charge in [0.1, 0.15) is 12.4 Å². The SMILES string of the molecule is CC(=O)N1CC[C@H]2CCCCN(Cc3ncccc3C)CCOc3ccccc3C(=O)N[C@H]2C1. The molecule has 2 aromatic rings. The second-order valence-corrected chi connectivity index (χ2v) is 9.48. The summed E-state index contributed by atoms with van der Waals surface area (Å²) < 4.78 is 6.11. The number of hydrogen-bond donors (Lipinski definition) is 1. The standard InChI is InChI=1S/C27H36N4O3/c1-20-8-7-13-28-24(20)18-30-14-6-5-9-22-12-15-31(21(2)32)19-25(22)29-27(33)23-10-3-4-11-26(23)34-17-16-30/h3-4,7-8,10-11,13,22,25H,5-6,9,12,14-19H2,1-2H3,(H,29,33)/t22-,25+/m1/s1. The second-order valence-electron chi connectivity index (χ2n) is 9.48. The normalized spacial score (nSPS) is 22.5. The minimum absolute atomic E-state index is 0.0478. The molecule has 0 spiro atoms. The van der Waals surface area contributed by atoms with Crippen LogP contribution < -0.4 is 10.1 Å². The quantitative estimate of drug-likeness (QED) is 0.737. The fourth-order valence-corrected chi connectivity index (χ4v) is 5.01. The molecule has 0 unspecified atom stereocenters. The molecule has 34 heavy (non-hydrogen) atoms. The van der Waals surface area contributed by atoms with Crippen LogP contribution in [0, 0.1) is 12.8 Å². The summed E-state index contributed by atoms with van der Waals surface area (Å²) in [6.07, 6.45) is 5.98. The fourth-order valence-electron chi connectivity index (χ4n) is 5.01. The number of aryl methyl sites for hydroxylation is 1. The number of para-hydroxylation sites is 1. The van der Waals surface area contributed by atoms with E-state index in [1.54, 1.807) is 6.92 Å². The first-order chi connectivity index (χ1) is 16.5. The minimum Gasteiger partial charge on any atom is -0.491 e. The number of pyridine rings is 1. The van der Waals surface area contributed by atoms with Crippen molar-refractivity contribution in [3.63, 3.8) is 0 Å². The largest absolute Gasteiger partial charge is 0.491 e. The van der Waals surface area contributed by atoms with Gasteiger partial charge in [0.2, 0.25) is 5.91 Å². The van der Waals surface area contributed by atoms with Crippen molar-refractivity contribution in [1.29, 1.82) is 0 Å². The molecule has 1 saturated heterocycles. The Morgan fingerprint density at radius 1 is 1.12 bits per heavy atom. The number of fused-ring (bicyclic) bond motifs is 2. The van der Waals surface area contributed by atoms with E-state index in [0.717, 1.165) is 57.6 Å². The van der Waals surface area contributed by atoms with Crippen LogP contribution in [0.4, 0.5) is 0 Å². The number of carbonyl (C=O) groups is 2. The average Bonchev–Trinajstić information content (AvgIpc) is 2.83. The van der Waals surface area contributed by atoms with Gasteiger partial charge in [0.15, 0.2) is 0 Å². The monoisotopic (exact) mass is 464 g/mol. The maximum absolute atomic E-state index is 13.2. The zero-order valence-corrected chi connectivity index (χ0v) is 20.3. The van der Waals surface area contributed by atoms with Gasteiger partial charge in [-0.05, 0) is 62.4 Å². The number of nitrogens with zero attached hydrogens (tertiary/aromatic N) is 3. The van der Waals surface area contributed by atoms with Crippen LogP contribution in [0.15, 0.2) is 42.6 Å². The van der Waals surface area contributed by atoms with Crippen LogP contribution in [-0.2, 0) is 11.3 Å². The summed E-state index contributed by atoms with van der Waals surface area (Å²) in [5.74, 6) is 0.897. The number of amides is 2. The highest BCUT2D eigenvalue weighted by Crippen LogP contribution is 2.26. The molecular weight excluding hydrogens is 428 g/mol. The van der Waals surface area contributed by atoms with Crippen LogP contribution in [0.2, 0.25) is 0 Å². The molecule has 0 radical (unpaired) electrons. The fraction of sp³-hybridized carbons (Fsp3) is 0.519. The molecule has 1 aromatic heterocycles. The Morgan fingerprint density at radius 2 is 1.97 bits per heavy atom. The Labute approximate surface area is 202 Å². The molecular formula is C27H36N4O3. The van der Waals surface area contributed by atoms with Gasteiger partial charge in [-0.1, -0.05) is 24.6 Å². The number of rotatable bonds is 2. The molecule has 3 heterocycles. The third kappa shape index (κ3) is 6.14. The summed E-state index contributed by atoms with van der Waals surface area (Å²) in [7, 11) is 0. The Morgan fingerprint density at radius 3 is 2.79 bits per heavy atom. The highest BCUT2D eigenvalue weighted by atomic mass is 16.5. The van der Waals surface area contributed by atoms with E-state index in [2.05, 4.69) is 28.2 Å². The first-order valence-electron chi connectivity index (χ1n) is 12.4. The Hall–Kier alpha value is -2.93. The van der Waals surface area contributed by atoms with Gasteiger partial charge in [-0.2, -0.15) is 0 Å². The van der Waals surface area contributed by atoms with Crippen LogP contribution in [-0.4, -0.2) is 65.4 Å². The van der Waals surface area contributed by atoms with Crippen LogP contribution in [0.25, 0.3) is 0 Å². The van der Waals surface area contributed by atoms with Crippen molar-refractivity contribution in [3.8, 4) is 5.75 Å². The van der Waals surface area contributed by atoms with Crippen LogP contribution in [0.1, 0.15) is 54.2 Å². The van der Waals surface area contributed by atoms with Gasteiger partial charge in [0, 0.05) is 45.3 Å². The summed E-state index contributed by atoms with van der Waals surface area (Å²) in [5, 5.41) is 3.23. The Kier molecular flexibility index (Phi) is 8.16. The second kappa shape index (κ2) is 11.5. The van der Waals surface area contributed by atoms with Gasteiger partial charge in [0.05, 0.1) is 11.3 Å². The minimum atomic E-state index is -0.131. The van der Waals surface area contributed by atoms with Crippen molar-refractivity contribution in [3.05, 3.63) is 59.4 Å². The molecule has 4 rings (SSSR count). The van der Waals surface area contributed by atoms with Crippen LogP contribution in [0.5, 0.6) is 5.75 Å². The third-order valence-electron chi connectivity index (χ3n) is 7.10. The van der Waals surface area contributed by atoms with E-state index >= 15 is 0 Å². The van der Waals surface area contributed by atoms with Crippen molar-refractivity contribution in [1.82, 2.24) is 20.1 Å². The molecule has 0 aliphatic carbocycles. The number of nitrogens with one attached hydrogen (secondary N) is 1. The molecule has 2 amide bonds. The van der Waals surface area contributed by atoms with Crippen LogP contribution in [0.3, 0.4) is 0 Å². The summed E-state index contributed by atoms with van der Waals surface area (Å²) in [6, 6.07) is 11.5. The number of carbonyl (C=O) groups excluding carboxylic acids is 2. The molecule has 2 aliphatic rings. The van der Waals surface area contributed by atoms with E-state index in [4.69, 9.17) is 4.74 Å². The summed E-state index contributed by atoms with van der Waals surface area (Å²) in [6.45, 7) is 8.07. The molecule has 182 valence electrons. The van der Waals surface area contributed by atoms with E-state index in [1.165, 1.54) is 5.56 Å². The van der Waals surface area contributed by atoms with Gasteiger partial charge in [-0.3, -0.25) is 19.5 Å². The number of hydrogen-bond acceptors (Lipinski definition) is 5. The zero-order chi connectivity index (χ0) is 23.9. The maximum atomic E-state index is 13.2. The molecule has 1 fully saturated rings. The highest BCUT2D eigenvalue weighted by molar-refractivity contribution is 5.97. The van der Waals surface area contributed by atoms with Crippen molar-refractivity contribution >= 4 is 11.8 Å². The molecule has 0 bridgehead atoms. The highest BCUT2D eigenvalue weighted by Gasteiger charge is 2.32. The van der Waals surface area contributed by atoms with Gasteiger partial charge in [-0.15, -0.1) is 0 Å². The van der Waals surface area contributed by atoms with E-state index in [9.17, 15) is 9.59 Å². The number of piperidine rings is 1. The maximum Gasteiger partial charge on any atom is 0.255 e. The van der Waals surface area contributed by atoms with Crippen molar-refractivity contribution in [2.45, 2.75) is 52.1 Å². The lowest BCUT2D eigenvalue weighted by Gasteiger charge is -2.39. The van der Waals surface area contributed by atoms with Crippen molar-refractivity contribution in [2.75, 3.05) is 32.8 Å². The zero-order valence-electron chi connectivity index (χ0n) is 20.3. The lowest BCUT2D eigenvalue weighted by molar-refractivity contribution is -0.130. The van der Waals surface area contributed by atoms with Gasteiger partial charge in [-0.25, -0.2) is 0 Å². The third-order valence-corrected chi connectivity index (χ3v) is 7.10. The predicted molar refractivity (Wildman–Crippen MR) is 132 cm³/mol. The summed E-state index contributed by atoms with van der Waals surface area (Å²) in [4.78, 5) is 34.1. The molecule has 2 atom stereocenters. The van der Waals surface area contributed by atoms with Gasteiger partial charge in [0.25, 0.3) is 5.91 Å². The smallest absolute Gasteiger partial charge is 0.255 e. The predicted octanol–water partition coefficient (Wildman–Crippen LogP) is 3.42. The topological polar surface area (TPSA) is 74.8 Å². The molecule has 7 heteroatoms. The molecule has 1 N–H and O–H groups in total. The van der Waals surface area contributed by atoms with E-state index in [-0.39, 0.29) is 17.9 Å². The first kappa shape index (κ1) is 24.2. The number of likely N-dealkylation sites (tertiary alicyclic amines) is 1. The number of ether oxygens (including phenoxy) is 1. The van der Waals surface area contributed by atoms with Crippen LogP contribution >= 0.6 is 0 Å². The first-order valence-corrected chi connectivity index (χ1v) is 12.4. The van der Waals surface area contributed by atoms with Gasteiger partial charge >= 0.3 is 0 Å². The van der Waals surface area contributed by atoms with Crippen molar-refractivity contribution < 1.29 is 14.3 Å². The number of benzene rings is 1. The summed E-state index contributed by atoms with van der Waals surface area (Å²) >= 11 is 0. The number of aromatic nitrogens is 1. The molecule has 2 aliphatic heterocycles. The Bertz CT molecular complexity index is 995. The molecule has 7 nitrogen and oxygen atoms in total. The van der Waals surface area contributed by atoms with Gasteiger partial charge < -0.3 is 15.0 Å². The van der Waals surface area contributed by atoms with E-state index in [0.29, 0.717) is 30.4 Å². The van der Waals surface area contributed by atoms with E-state index < -0.39 is 0 Å². The van der Waals surface area contributed by atoms with E-state index in [1.807, 2.05) is 41.4 Å². The lowest BCUT2D eigenvalue weighted by atomic mass is 9.86. The average molecular weight is 465 g/mol. The molecule has 1 aromatic carbocycles.